The molecule has 3 rings (SSSR count). The van der Waals surface area contributed by atoms with Crippen molar-refractivity contribution in [1.29, 1.82) is 0 Å². The van der Waals surface area contributed by atoms with Crippen LogP contribution in [0, 0.1) is 6.92 Å². The van der Waals surface area contributed by atoms with E-state index in [4.69, 9.17) is 5.11 Å². The van der Waals surface area contributed by atoms with E-state index < -0.39 is 5.97 Å². The van der Waals surface area contributed by atoms with Gasteiger partial charge in [-0.25, -0.2) is 0 Å². The first kappa shape index (κ1) is 18.1. The highest BCUT2D eigenvalue weighted by atomic mass is 32.1. The molecule has 0 spiro atoms. The number of hydrogen-bond donors (Lipinski definition) is 1. The second kappa shape index (κ2) is 7.70. The molecule has 0 aliphatic carbocycles. The summed E-state index contributed by atoms with van der Waals surface area (Å²) in [4.78, 5) is 27.3. The summed E-state index contributed by atoms with van der Waals surface area (Å²) in [6.07, 6.45) is 0.480. The number of benzene rings is 1. The van der Waals surface area contributed by atoms with E-state index in [1.54, 1.807) is 9.58 Å². The van der Waals surface area contributed by atoms with Crippen LogP contribution in [-0.4, -0.2) is 38.2 Å². The Bertz CT molecular complexity index is 896. The summed E-state index contributed by atoms with van der Waals surface area (Å²) in [6, 6.07) is 11.6. The lowest BCUT2D eigenvalue weighted by Crippen LogP contribution is -2.31. The summed E-state index contributed by atoms with van der Waals surface area (Å²) in [5.41, 5.74) is 1.92. The Balaban J connectivity index is 1.84. The third-order valence-corrected chi connectivity index (χ3v) is 5.42. The zero-order valence-corrected chi connectivity index (χ0v) is 15.6. The van der Waals surface area contributed by atoms with Crippen LogP contribution in [0.3, 0.4) is 0 Å². The first-order chi connectivity index (χ1) is 12.5. The van der Waals surface area contributed by atoms with E-state index in [1.807, 2.05) is 50.4 Å². The number of aryl methyl sites for hydroxylation is 2. The molecule has 0 atom stereocenters. The molecule has 1 amide bonds. The van der Waals surface area contributed by atoms with Crippen molar-refractivity contribution in [2.45, 2.75) is 26.3 Å². The van der Waals surface area contributed by atoms with E-state index >= 15 is 0 Å². The summed E-state index contributed by atoms with van der Waals surface area (Å²) in [5, 5.41) is 14.3. The van der Waals surface area contributed by atoms with Crippen molar-refractivity contribution in [1.82, 2.24) is 14.7 Å². The summed E-state index contributed by atoms with van der Waals surface area (Å²) in [5.74, 6) is -0.916. The van der Waals surface area contributed by atoms with Crippen molar-refractivity contribution in [3.8, 4) is 0 Å². The predicted octanol–water partition coefficient (Wildman–Crippen LogP) is 3.45. The van der Waals surface area contributed by atoms with Crippen molar-refractivity contribution >= 4 is 33.4 Å². The number of carbonyl (C=O) groups excluding carboxylic acids is 1. The molecule has 136 valence electrons. The highest BCUT2D eigenvalue weighted by Crippen LogP contribution is 2.29. The average Bonchev–Trinajstić information content (AvgIpc) is 3.16. The third-order valence-electron chi connectivity index (χ3n) is 4.23. The van der Waals surface area contributed by atoms with E-state index in [9.17, 15) is 9.59 Å². The topological polar surface area (TPSA) is 75.4 Å². The molecular formula is C19H21N3O3S. The van der Waals surface area contributed by atoms with E-state index in [2.05, 4.69) is 5.10 Å². The normalized spacial score (nSPS) is 11.0. The maximum Gasteiger partial charge on any atom is 0.303 e. The monoisotopic (exact) mass is 371 g/mol. The molecule has 1 N–H and O–H groups in total. The standard InChI is InChI=1S/C19H21N3O3S/c1-13-15-11-16(26-19(15)21(2)20-13)18(25)22(10-6-9-17(23)24)12-14-7-4-3-5-8-14/h3-5,7-8,11H,6,9-10,12H2,1-2H3,(H,23,24). The van der Waals surface area contributed by atoms with E-state index in [0.29, 0.717) is 24.4 Å². The number of carboxylic acids is 1. The van der Waals surface area contributed by atoms with Gasteiger partial charge in [-0.3, -0.25) is 14.3 Å². The Morgan fingerprint density at radius 3 is 2.65 bits per heavy atom. The van der Waals surface area contributed by atoms with Crippen molar-refractivity contribution in [3.63, 3.8) is 0 Å². The number of aliphatic carboxylic acids is 1. The lowest BCUT2D eigenvalue weighted by Gasteiger charge is -2.22. The highest BCUT2D eigenvalue weighted by molar-refractivity contribution is 7.20. The molecule has 0 bridgehead atoms. The summed E-state index contributed by atoms with van der Waals surface area (Å²) < 4.78 is 1.79. The molecule has 0 radical (unpaired) electrons. The van der Waals surface area contributed by atoms with E-state index in [1.165, 1.54) is 11.3 Å². The fourth-order valence-corrected chi connectivity index (χ4v) is 4.03. The van der Waals surface area contributed by atoms with Crippen LogP contribution >= 0.6 is 11.3 Å². The number of carboxylic acid groups (broad SMARTS) is 1. The van der Waals surface area contributed by atoms with Gasteiger partial charge in [0.05, 0.1) is 10.6 Å². The second-order valence-corrected chi connectivity index (χ2v) is 7.28. The predicted molar refractivity (Wildman–Crippen MR) is 101 cm³/mol. The quantitative estimate of drug-likeness (QED) is 0.690. The van der Waals surface area contributed by atoms with Crippen LogP contribution in [0.15, 0.2) is 36.4 Å². The second-order valence-electron chi connectivity index (χ2n) is 6.25. The third kappa shape index (κ3) is 3.94. The molecule has 0 fully saturated rings. The van der Waals surface area contributed by atoms with Gasteiger partial charge in [0.1, 0.15) is 4.83 Å². The number of carbonyl (C=O) groups is 2. The van der Waals surface area contributed by atoms with Crippen LogP contribution < -0.4 is 0 Å². The number of nitrogens with zero attached hydrogens (tertiary/aromatic N) is 3. The highest BCUT2D eigenvalue weighted by Gasteiger charge is 2.21. The Morgan fingerprint density at radius 2 is 2.00 bits per heavy atom. The fraction of sp³-hybridized carbons (Fsp3) is 0.316. The maximum atomic E-state index is 13.1. The van der Waals surface area contributed by atoms with Gasteiger partial charge in [-0.15, -0.1) is 11.3 Å². The molecule has 7 heteroatoms. The molecule has 3 aromatic rings. The molecule has 2 heterocycles. The van der Waals surface area contributed by atoms with E-state index in [-0.39, 0.29) is 12.3 Å². The molecule has 0 saturated carbocycles. The van der Waals surface area contributed by atoms with Crippen LogP contribution in [0.2, 0.25) is 0 Å². The molecule has 6 nitrogen and oxygen atoms in total. The number of amides is 1. The molecule has 0 aliphatic heterocycles. The van der Waals surface area contributed by atoms with Gasteiger partial charge < -0.3 is 10.0 Å². The summed E-state index contributed by atoms with van der Waals surface area (Å²) >= 11 is 1.42. The fourth-order valence-electron chi connectivity index (χ4n) is 2.94. The van der Waals surface area contributed by atoms with Gasteiger partial charge in [-0.2, -0.15) is 5.10 Å². The molecule has 26 heavy (non-hydrogen) atoms. The Labute approximate surface area is 155 Å². The van der Waals surface area contributed by atoms with Crippen LogP contribution in [0.1, 0.15) is 33.8 Å². The Hall–Kier alpha value is -2.67. The molecule has 2 aromatic heterocycles. The van der Waals surface area contributed by atoms with Gasteiger partial charge in [0.25, 0.3) is 5.91 Å². The van der Waals surface area contributed by atoms with Crippen molar-refractivity contribution in [2.24, 2.45) is 7.05 Å². The van der Waals surface area contributed by atoms with Gasteiger partial charge in [-0.05, 0) is 25.0 Å². The van der Waals surface area contributed by atoms with Gasteiger partial charge in [0.2, 0.25) is 0 Å². The number of thiophene rings is 1. The SMILES string of the molecule is Cc1nn(C)c2sc(C(=O)N(CCCC(=O)O)Cc3ccccc3)cc12. The smallest absolute Gasteiger partial charge is 0.303 e. The number of hydrogen-bond acceptors (Lipinski definition) is 4. The molecule has 0 unspecified atom stereocenters. The van der Waals surface area contributed by atoms with Gasteiger partial charge >= 0.3 is 5.97 Å². The van der Waals surface area contributed by atoms with Crippen molar-refractivity contribution in [3.05, 3.63) is 52.5 Å². The number of aromatic nitrogens is 2. The Kier molecular flexibility index (Phi) is 5.37. The van der Waals surface area contributed by atoms with Crippen LogP contribution in [-0.2, 0) is 18.4 Å². The van der Waals surface area contributed by atoms with Crippen molar-refractivity contribution in [2.75, 3.05) is 6.54 Å². The summed E-state index contributed by atoms with van der Waals surface area (Å²) in [6.45, 7) is 2.80. The summed E-state index contributed by atoms with van der Waals surface area (Å²) in [7, 11) is 1.87. The van der Waals surface area contributed by atoms with Crippen LogP contribution in [0.4, 0.5) is 0 Å². The van der Waals surface area contributed by atoms with Crippen LogP contribution in [0.25, 0.3) is 10.2 Å². The van der Waals surface area contributed by atoms with Gasteiger partial charge in [0.15, 0.2) is 0 Å². The van der Waals surface area contributed by atoms with Crippen molar-refractivity contribution < 1.29 is 14.7 Å². The minimum Gasteiger partial charge on any atom is -0.481 e. The Morgan fingerprint density at radius 1 is 1.27 bits per heavy atom. The zero-order chi connectivity index (χ0) is 18.7. The largest absolute Gasteiger partial charge is 0.481 e. The lowest BCUT2D eigenvalue weighted by molar-refractivity contribution is -0.137. The number of fused-ring (bicyclic) bond motifs is 1. The lowest BCUT2D eigenvalue weighted by atomic mass is 10.2. The molecule has 0 saturated heterocycles. The first-order valence-electron chi connectivity index (χ1n) is 8.44. The molecule has 0 aliphatic rings. The maximum absolute atomic E-state index is 13.1. The minimum atomic E-state index is -0.847. The minimum absolute atomic E-state index is 0.0496. The zero-order valence-electron chi connectivity index (χ0n) is 14.8. The average molecular weight is 371 g/mol. The molecule has 1 aromatic carbocycles. The van der Waals surface area contributed by atoms with Crippen LogP contribution in [0.5, 0.6) is 0 Å². The van der Waals surface area contributed by atoms with Gasteiger partial charge in [0, 0.05) is 31.9 Å². The first-order valence-corrected chi connectivity index (χ1v) is 9.25. The van der Waals surface area contributed by atoms with E-state index in [0.717, 1.165) is 21.5 Å². The number of rotatable bonds is 7. The van der Waals surface area contributed by atoms with Gasteiger partial charge in [-0.1, -0.05) is 30.3 Å². The molecular weight excluding hydrogens is 350 g/mol.